The summed E-state index contributed by atoms with van der Waals surface area (Å²) in [7, 11) is -3.56. The molecule has 2 rings (SSSR count). The van der Waals surface area contributed by atoms with E-state index in [2.05, 4.69) is 14.7 Å². The highest BCUT2D eigenvalue weighted by Crippen LogP contribution is 2.20. The van der Waals surface area contributed by atoms with Gasteiger partial charge in [-0.2, -0.15) is 0 Å². The summed E-state index contributed by atoms with van der Waals surface area (Å²) in [6.07, 6.45) is 3.04. The SMILES string of the molecule is CC(CN)NS(=O)(=O)c1c[nH]c2ncccc12. The largest absolute Gasteiger partial charge is 0.345 e. The maximum atomic E-state index is 12.1. The molecule has 2 heterocycles. The zero-order valence-corrected chi connectivity index (χ0v) is 10.2. The lowest BCUT2D eigenvalue weighted by atomic mass is 10.3. The molecule has 0 aliphatic heterocycles. The van der Waals surface area contributed by atoms with Gasteiger partial charge in [0.05, 0.1) is 0 Å². The van der Waals surface area contributed by atoms with Crippen molar-refractivity contribution in [3.8, 4) is 0 Å². The summed E-state index contributed by atoms with van der Waals surface area (Å²) in [5.74, 6) is 0. The minimum Gasteiger partial charge on any atom is -0.345 e. The zero-order valence-electron chi connectivity index (χ0n) is 9.34. The minimum atomic E-state index is -3.56. The smallest absolute Gasteiger partial charge is 0.243 e. The average Bonchev–Trinajstić information content (AvgIpc) is 2.72. The molecule has 0 aromatic carbocycles. The van der Waals surface area contributed by atoms with Gasteiger partial charge >= 0.3 is 0 Å². The van der Waals surface area contributed by atoms with Crippen LogP contribution in [0.15, 0.2) is 29.4 Å². The first-order valence-corrected chi connectivity index (χ1v) is 6.67. The molecule has 0 fully saturated rings. The van der Waals surface area contributed by atoms with Crippen molar-refractivity contribution in [3.05, 3.63) is 24.5 Å². The predicted octanol–water partition coefficient (Wildman–Crippen LogP) is 0.188. The van der Waals surface area contributed by atoms with E-state index in [0.717, 1.165) is 0 Å². The van der Waals surface area contributed by atoms with Crippen LogP contribution in [0.4, 0.5) is 0 Å². The Labute approximate surface area is 99.3 Å². The fraction of sp³-hybridized carbons (Fsp3) is 0.300. The lowest BCUT2D eigenvalue weighted by Crippen LogP contribution is -2.37. The number of aromatic amines is 1. The van der Waals surface area contributed by atoms with Gasteiger partial charge in [-0.05, 0) is 19.1 Å². The van der Waals surface area contributed by atoms with Gasteiger partial charge in [-0.15, -0.1) is 0 Å². The Morgan fingerprint density at radius 2 is 2.35 bits per heavy atom. The number of sulfonamides is 1. The van der Waals surface area contributed by atoms with E-state index in [1.165, 1.54) is 6.20 Å². The summed E-state index contributed by atoms with van der Waals surface area (Å²) in [6.45, 7) is 1.96. The van der Waals surface area contributed by atoms with Crippen LogP contribution in [0.2, 0.25) is 0 Å². The molecule has 4 N–H and O–H groups in total. The molecule has 0 aliphatic rings. The van der Waals surface area contributed by atoms with E-state index in [9.17, 15) is 8.42 Å². The highest BCUT2D eigenvalue weighted by Gasteiger charge is 2.20. The maximum Gasteiger partial charge on any atom is 0.243 e. The summed E-state index contributed by atoms with van der Waals surface area (Å²) in [5, 5.41) is 0.573. The molecule has 92 valence electrons. The van der Waals surface area contributed by atoms with Gasteiger partial charge in [0.1, 0.15) is 10.5 Å². The van der Waals surface area contributed by atoms with E-state index >= 15 is 0 Å². The monoisotopic (exact) mass is 254 g/mol. The Bertz CT molecular complexity index is 620. The molecule has 0 amide bonds. The van der Waals surface area contributed by atoms with Crippen LogP contribution in [-0.2, 0) is 10.0 Å². The average molecular weight is 254 g/mol. The summed E-state index contributed by atoms with van der Waals surface area (Å²) in [6, 6.07) is 3.10. The van der Waals surface area contributed by atoms with Gasteiger partial charge in [0.15, 0.2) is 0 Å². The predicted molar refractivity (Wildman–Crippen MR) is 64.9 cm³/mol. The third kappa shape index (κ3) is 2.31. The van der Waals surface area contributed by atoms with E-state index in [-0.39, 0.29) is 17.5 Å². The molecule has 0 aliphatic carbocycles. The highest BCUT2D eigenvalue weighted by atomic mass is 32.2. The molecule has 2 aromatic heterocycles. The quantitative estimate of drug-likeness (QED) is 0.725. The first-order chi connectivity index (χ1) is 8.04. The van der Waals surface area contributed by atoms with Crippen LogP contribution in [0.25, 0.3) is 11.0 Å². The van der Waals surface area contributed by atoms with Crippen LogP contribution in [0.3, 0.4) is 0 Å². The number of pyridine rings is 1. The fourth-order valence-corrected chi connectivity index (χ4v) is 2.95. The van der Waals surface area contributed by atoms with Gasteiger partial charge in [0.2, 0.25) is 10.0 Å². The third-order valence-corrected chi connectivity index (χ3v) is 4.04. The topological polar surface area (TPSA) is 101 Å². The first kappa shape index (κ1) is 12.0. The number of fused-ring (bicyclic) bond motifs is 1. The lowest BCUT2D eigenvalue weighted by molar-refractivity contribution is 0.563. The molecule has 0 radical (unpaired) electrons. The second-order valence-corrected chi connectivity index (χ2v) is 5.49. The van der Waals surface area contributed by atoms with Gasteiger partial charge in [-0.1, -0.05) is 0 Å². The highest BCUT2D eigenvalue weighted by molar-refractivity contribution is 7.89. The van der Waals surface area contributed by atoms with Crippen molar-refractivity contribution in [1.82, 2.24) is 14.7 Å². The number of rotatable bonds is 4. The minimum absolute atomic E-state index is 0.195. The molecular weight excluding hydrogens is 240 g/mol. The van der Waals surface area contributed by atoms with Crippen LogP contribution >= 0.6 is 0 Å². The molecule has 2 aromatic rings. The summed E-state index contributed by atoms with van der Waals surface area (Å²) in [4.78, 5) is 7.06. The van der Waals surface area contributed by atoms with E-state index < -0.39 is 10.0 Å². The van der Waals surface area contributed by atoms with Crippen LogP contribution < -0.4 is 10.5 Å². The Kier molecular flexibility index (Phi) is 3.14. The van der Waals surface area contributed by atoms with Crippen LogP contribution in [0.1, 0.15) is 6.92 Å². The lowest BCUT2D eigenvalue weighted by Gasteiger charge is -2.10. The van der Waals surface area contributed by atoms with Gasteiger partial charge in [0, 0.05) is 30.4 Å². The second-order valence-electron chi connectivity index (χ2n) is 3.81. The van der Waals surface area contributed by atoms with Crippen LogP contribution in [0, 0.1) is 0 Å². The summed E-state index contributed by atoms with van der Waals surface area (Å²) >= 11 is 0. The molecule has 7 heteroatoms. The van der Waals surface area contributed by atoms with E-state index in [0.29, 0.717) is 11.0 Å². The number of hydrogen-bond acceptors (Lipinski definition) is 4. The van der Waals surface area contributed by atoms with E-state index in [4.69, 9.17) is 5.73 Å². The van der Waals surface area contributed by atoms with E-state index in [1.807, 2.05) is 0 Å². The Hall–Kier alpha value is -1.44. The van der Waals surface area contributed by atoms with Crippen molar-refractivity contribution >= 4 is 21.1 Å². The second kappa shape index (κ2) is 4.44. The van der Waals surface area contributed by atoms with Crippen LogP contribution in [-0.4, -0.2) is 31.0 Å². The van der Waals surface area contributed by atoms with Crippen LogP contribution in [0.5, 0.6) is 0 Å². The Morgan fingerprint density at radius 1 is 1.59 bits per heavy atom. The van der Waals surface area contributed by atoms with Crippen molar-refractivity contribution < 1.29 is 8.42 Å². The van der Waals surface area contributed by atoms with Gasteiger partial charge < -0.3 is 10.7 Å². The van der Waals surface area contributed by atoms with Crippen molar-refractivity contribution in [2.24, 2.45) is 5.73 Å². The molecule has 0 bridgehead atoms. The van der Waals surface area contributed by atoms with Gasteiger partial charge in [0.25, 0.3) is 0 Å². The van der Waals surface area contributed by atoms with Gasteiger partial charge in [-0.25, -0.2) is 18.1 Å². The molecule has 1 unspecified atom stereocenters. The van der Waals surface area contributed by atoms with Crippen molar-refractivity contribution in [3.63, 3.8) is 0 Å². The molecule has 0 saturated heterocycles. The molecule has 17 heavy (non-hydrogen) atoms. The number of nitrogens with two attached hydrogens (primary N) is 1. The molecular formula is C10H14N4O2S. The zero-order chi connectivity index (χ0) is 12.5. The summed E-state index contributed by atoms with van der Waals surface area (Å²) in [5.41, 5.74) is 5.95. The number of nitrogens with zero attached hydrogens (tertiary/aromatic N) is 1. The van der Waals surface area contributed by atoms with Crippen molar-refractivity contribution in [2.45, 2.75) is 17.9 Å². The number of H-pyrrole nitrogens is 1. The Morgan fingerprint density at radius 3 is 3.06 bits per heavy atom. The fourth-order valence-electron chi connectivity index (χ4n) is 1.53. The molecule has 1 atom stereocenters. The molecule has 0 spiro atoms. The normalized spacial score (nSPS) is 14.0. The summed E-state index contributed by atoms with van der Waals surface area (Å²) < 4.78 is 26.6. The van der Waals surface area contributed by atoms with Crippen molar-refractivity contribution in [1.29, 1.82) is 0 Å². The van der Waals surface area contributed by atoms with Crippen molar-refractivity contribution in [2.75, 3.05) is 6.54 Å². The number of nitrogens with one attached hydrogen (secondary N) is 2. The maximum absolute atomic E-state index is 12.1. The molecule has 0 saturated carbocycles. The molecule has 6 nitrogen and oxygen atoms in total. The van der Waals surface area contributed by atoms with Gasteiger partial charge in [-0.3, -0.25) is 0 Å². The van der Waals surface area contributed by atoms with E-state index in [1.54, 1.807) is 25.3 Å². The Balaban J connectivity index is 2.46. The number of aromatic nitrogens is 2. The number of hydrogen-bond donors (Lipinski definition) is 3. The first-order valence-electron chi connectivity index (χ1n) is 5.19. The standard InChI is InChI=1S/C10H14N4O2S/c1-7(5-11)14-17(15,16)9-6-13-10-8(9)3-2-4-12-10/h2-4,6-7,14H,5,11H2,1H3,(H,12,13). The third-order valence-electron chi connectivity index (χ3n) is 2.41.